The summed E-state index contributed by atoms with van der Waals surface area (Å²) in [5, 5.41) is 12.3. The van der Waals surface area contributed by atoms with Gasteiger partial charge in [-0.3, -0.25) is 9.36 Å². The van der Waals surface area contributed by atoms with Crippen LogP contribution in [0.15, 0.2) is 60.7 Å². The van der Waals surface area contributed by atoms with Crippen LogP contribution < -0.4 is 10.1 Å². The number of hydrogen-bond acceptors (Lipinski definition) is 4. The molecule has 4 aromatic rings. The zero-order chi connectivity index (χ0) is 22.2. The van der Waals surface area contributed by atoms with Crippen LogP contribution in [0.5, 0.6) is 5.75 Å². The molecule has 1 unspecified atom stereocenters. The van der Waals surface area contributed by atoms with Crippen molar-refractivity contribution in [2.24, 2.45) is 0 Å². The fourth-order valence-corrected chi connectivity index (χ4v) is 4.29. The van der Waals surface area contributed by atoms with Gasteiger partial charge in [0.15, 0.2) is 5.82 Å². The number of ether oxygens (including phenoxy) is 1. The number of carboxylic acids is 1. The number of aromatic nitrogens is 2. The van der Waals surface area contributed by atoms with E-state index >= 15 is 4.39 Å². The largest absolute Gasteiger partial charge is 0.493 e. The summed E-state index contributed by atoms with van der Waals surface area (Å²) in [5.74, 6) is 0.117. The van der Waals surface area contributed by atoms with Crippen molar-refractivity contribution in [2.45, 2.75) is 25.8 Å². The molecule has 3 aromatic carbocycles. The number of aryl methyl sites for hydroxylation is 1. The van der Waals surface area contributed by atoms with E-state index in [1.54, 1.807) is 12.1 Å². The van der Waals surface area contributed by atoms with Crippen LogP contribution in [0.2, 0.25) is 0 Å². The van der Waals surface area contributed by atoms with Crippen LogP contribution in [0.4, 0.5) is 10.1 Å². The average Bonchev–Trinajstić information content (AvgIpc) is 3.32. The standard InChI is InChI=1S/C25H22FN3O3/c1-15-28-20-6-2-3-7-21(20)29(15)22-8-4-5-16(25(22)26)13-27-18-9-10-19-17(11-24(30)31)14-32-23(19)12-18/h2-10,12,17,27H,11,13-14H2,1H3,(H,30,31). The Morgan fingerprint density at radius 2 is 2.06 bits per heavy atom. The quantitative estimate of drug-likeness (QED) is 0.448. The Hall–Kier alpha value is -3.87. The Labute approximate surface area is 184 Å². The Morgan fingerprint density at radius 1 is 1.22 bits per heavy atom. The van der Waals surface area contributed by atoms with Gasteiger partial charge in [0.2, 0.25) is 0 Å². The lowest BCUT2D eigenvalue weighted by molar-refractivity contribution is -0.137. The molecule has 1 aromatic heterocycles. The summed E-state index contributed by atoms with van der Waals surface area (Å²) in [6.45, 7) is 2.52. The predicted molar refractivity (Wildman–Crippen MR) is 120 cm³/mol. The lowest BCUT2D eigenvalue weighted by atomic mass is 9.98. The van der Waals surface area contributed by atoms with Gasteiger partial charge < -0.3 is 15.2 Å². The van der Waals surface area contributed by atoms with Gasteiger partial charge in [0.05, 0.1) is 29.7 Å². The molecule has 32 heavy (non-hydrogen) atoms. The second-order valence-corrected chi connectivity index (χ2v) is 7.95. The van der Waals surface area contributed by atoms with Crippen molar-refractivity contribution in [3.05, 3.63) is 83.4 Å². The summed E-state index contributed by atoms with van der Waals surface area (Å²) in [7, 11) is 0. The van der Waals surface area contributed by atoms with Crippen LogP contribution in [0.3, 0.4) is 0 Å². The van der Waals surface area contributed by atoms with E-state index in [1.807, 2.05) is 60.0 Å². The van der Waals surface area contributed by atoms with Crippen LogP contribution in [0, 0.1) is 12.7 Å². The smallest absolute Gasteiger partial charge is 0.304 e. The van der Waals surface area contributed by atoms with Crippen molar-refractivity contribution in [3.63, 3.8) is 0 Å². The second kappa shape index (κ2) is 8.00. The third-order valence-corrected chi connectivity index (χ3v) is 5.83. The van der Waals surface area contributed by atoms with Crippen molar-refractivity contribution in [3.8, 4) is 11.4 Å². The number of carbonyl (C=O) groups is 1. The van der Waals surface area contributed by atoms with Crippen molar-refractivity contribution < 1.29 is 19.0 Å². The van der Waals surface area contributed by atoms with E-state index in [0.29, 0.717) is 30.2 Å². The summed E-state index contributed by atoms with van der Waals surface area (Å²) in [6, 6.07) is 18.6. The monoisotopic (exact) mass is 431 g/mol. The molecule has 162 valence electrons. The maximum Gasteiger partial charge on any atom is 0.304 e. The highest BCUT2D eigenvalue weighted by molar-refractivity contribution is 5.78. The molecule has 0 bridgehead atoms. The van der Waals surface area contributed by atoms with Gasteiger partial charge in [-0.15, -0.1) is 0 Å². The van der Waals surface area contributed by atoms with Gasteiger partial charge in [-0.1, -0.05) is 30.3 Å². The van der Waals surface area contributed by atoms with Gasteiger partial charge >= 0.3 is 5.97 Å². The molecule has 2 heterocycles. The molecule has 0 spiro atoms. The number of para-hydroxylation sites is 2. The molecule has 0 saturated heterocycles. The minimum Gasteiger partial charge on any atom is -0.493 e. The van der Waals surface area contributed by atoms with Crippen LogP contribution in [-0.4, -0.2) is 27.2 Å². The van der Waals surface area contributed by atoms with Crippen LogP contribution >= 0.6 is 0 Å². The molecule has 6 nitrogen and oxygen atoms in total. The molecule has 0 fully saturated rings. The summed E-state index contributed by atoms with van der Waals surface area (Å²) in [6.07, 6.45) is 0.0418. The van der Waals surface area contributed by atoms with E-state index < -0.39 is 5.97 Å². The van der Waals surface area contributed by atoms with Gasteiger partial charge in [0.25, 0.3) is 0 Å². The molecule has 0 saturated carbocycles. The van der Waals surface area contributed by atoms with Gasteiger partial charge in [0.1, 0.15) is 11.6 Å². The van der Waals surface area contributed by atoms with E-state index in [1.165, 1.54) is 0 Å². The second-order valence-electron chi connectivity index (χ2n) is 7.95. The number of anilines is 1. The first kappa shape index (κ1) is 20.1. The zero-order valence-electron chi connectivity index (χ0n) is 17.5. The summed E-state index contributed by atoms with van der Waals surface area (Å²) >= 11 is 0. The minimum absolute atomic E-state index is 0.0418. The maximum atomic E-state index is 15.5. The van der Waals surface area contributed by atoms with Crippen molar-refractivity contribution in [1.82, 2.24) is 9.55 Å². The fraction of sp³-hybridized carbons (Fsp3) is 0.200. The number of benzene rings is 3. The normalized spacial score (nSPS) is 14.9. The van der Waals surface area contributed by atoms with Crippen molar-refractivity contribution >= 4 is 22.7 Å². The van der Waals surface area contributed by atoms with E-state index in [4.69, 9.17) is 9.84 Å². The van der Waals surface area contributed by atoms with E-state index in [-0.39, 0.29) is 18.2 Å². The molecule has 1 atom stereocenters. The highest BCUT2D eigenvalue weighted by atomic mass is 19.1. The summed E-state index contributed by atoms with van der Waals surface area (Å²) < 4.78 is 23.0. The molecule has 1 aliphatic rings. The third-order valence-electron chi connectivity index (χ3n) is 5.83. The summed E-state index contributed by atoms with van der Waals surface area (Å²) in [4.78, 5) is 15.6. The minimum atomic E-state index is -0.843. The number of hydrogen-bond donors (Lipinski definition) is 2. The number of carboxylic acid groups (broad SMARTS) is 1. The van der Waals surface area contributed by atoms with Crippen molar-refractivity contribution in [2.75, 3.05) is 11.9 Å². The number of halogens is 1. The highest BCUT2D eigenvalue weighted by Crippen LogP contribution is 2.37. The average molecular weight is 431 g/mol. The lowest BCUT2D eigenvalue weighted by Gasteiger charge is -2.13. The lowest BCUT2D eigenvalue weighted by Crippen LogP contribution is -2.07. The van der Waals surface area contributed by atoms with Crippen LogP contribution in [0.1, 0.15) is 29.3 Å². The van der Waals surface area contributed by atoms with E-state index in [2.05, 4.69) is 10.3 Å². The number of aliphatic carboxylic acids is 1. The third kappa shape index (κ3) is 3.56. The predicted octanol–water partition coefficient (Wildman–Crippen LogP) is 5.04. The number of nitrogens with one attached hydrogen (secondary N) is 1. The number of imidazole rings is 1. The van der Waals surface area contributed by atoms with E-state index in [0.717, 1.165) is 28.1 Å². The highest BCUT2D eigenvalue weighted by Gasteiger charge is 2.26. The Kier molecular flexibility index (Phi) is 5.01. The Bertz CT molecular complexity index is 1330. The number of fused-ring (bicyclic) bond motifs is 2. The maximum absolute atomic E-state index is 15.5. The SMILES string of the molecule is Cc1nc2ccccc2n1-c1cccc(CNc2ccc3c(c2)OCC3CC(=O)O)c1F. The molecule has 0 radical (unpaired) electrons. The Morgan fingerprint density at radius 3 is 2.91 bits per heavy atom. The summed E-state index contributed by atoms with van der Waals surface area (Å²) in [5.41, 5.74) is 4.37. The van der Waals surface area contributed by atoms with Crippen LogP contribution in [-0.2, 0) is 11.3 Å². The first-order valence-electron chi connectivity index (χ1n) is 10.5. The molecule has 5 rings (SSSR count). The van der Waals surface area contributed by atoms with Gasteiger partial charge in [-0.25, -0.2) is 9.37 Å². The van der Waals surface area contributed by atoms with E-state index in [9.17, 15) is 4.79 Å². The van der Waals surface area contributed by atoms with Gasteiger partial charge in [0, 0.05) is 35.3 Å². The van der Waals surface area contributed by atoms with Gasteiger partial charge in [-0.05, 0) is 31.2 Å². The molecule has 2 N–H and O–H groups in total. The molecule has 0 amide bonds. The molecule has 7 heteroatoms. The number of rotatable bonds is 6. The molecule has 0 aliphatic carbocycles. The van der Waals surface area contributed by atoms with Crippen molar-refractivity contribution in [1.29, 1.82) is 0 Å². The molecular formula is C25H22FN3O3. The topological polar surface area (TPSA) is 76.4 Å². The molecule has 1 aliphatic heterocycles. The number of nitrogens with zero attached hydrogens (tertiary/aromatic N) is 2. The molecular weight excluding hydrogens is 409 g/mol. The van der Waals surface area contributed by atoms with Gasteiger partial charge in [-0.2, -0.15) is 0 Å². The Balaban J connectivity index is 1.39. The first-order valence-corrected chi connectivity index (χ1v) is 10.5. The zero-order valence-corrected chi connectivity index (χ0v) is 17.5. The van der Waals surface area contributed by atoms with Crippen LogP contribution in [0.25, 0.3) is 16.7 Å². The first-order chi connectivity index (χ1) is 15.5. The fourth-order valence-electron chi connectivity index (χ4n) is 4.29.